The van der Waals surface area contributed by atoms with Gasteiger partial charge in [0.2, 0.25) is 0 Å². The number of fused-ring (bicyclic) bond motifs is 1. The predicted octanol–water partition coefficient (Wildman–Crippen LogP) is 2.35. The normalized spacial score (nSPS) is 11.3. The van der Waals surface area contributed by atoms with Crippen molar-refractivity contribution in [2.75, 3.05) is 12.8 Å². The molecule has 0 bridgehead atoms. The average molecular weight is 305 g/mol. The molecule has 0 radical (unpaired) electrons. The second-order valence-corrected chi connectivity index (χ2v) is 4.59. The topological polar surface area (TPSA) is 78.9 Å². The molecule has 2 aromatic heterocycles. The molecule has 0 saturated heterocycles. The zero-order valence-electron chi connectivity index (χ0n) is 11.7. The van der Waals surface area contributed by atoms with Crippen LogP contribution in [0.2, 0.25) is 0 Å². The second kappa shape index (κ2) is 5.55. The molecule has 0 atom stereocenters. The Hall–Kier alpha value is -2.77. The standard InChI is InChI=1S/C14H13F2N5O/c1-22-10-6-18-14(19-13(10)17)12-8-4-2-3-5-9(8)21(20-12)7-11(15)16/h2-6,11H,7H2,1H3,(H2,17,18,19). The number of nitrogens with zero attached hydrogens (tertiary/aromatic N) is 4. The Labute approximate surface area is 124 Å². The van der Waals surface area contributed by atoms with Gasteiger partial charge in [0.1, 0.15) is 12.2 Å². The summed E-state index contributed by atoms with van der Waals surface area (Å²) in [6.45, 7) is -0.494. The highest BCUT2D eigenvalue weighted by atomic mass is 19.3. The Kier molecular flexibility index (Phi) is 3.58. The van der Waals surface area contributed by atoms with Crippen LogP contribution in [0.5, 0.6) is 5.75 Å². The summed E-state index contributed by atoms with van der Waals surface area (Å²) >= 11 is 0. The fourth-order valence-electron chi connectivity index (χ4n) is 2.22. The number of nitrogens with two attached hydrogens (primary N) is 1. The van der Waals surface area contributed by atoms with E-state index in [0.717, 1.165) is 0 Å². The number of rotatable bonds is 4. The first-order chi connectivity index (χ1) is 10.6. The van der Waals surface area contributed by atoms with E-state index in [1.165, 1.54) is 18.0 Å². The third-order valence-corrected chi connectivity index (χ3v) is 3.18. The molecule has 0 fully saturated rings. The number of benzene rings is 1. The predicted molar refractivity (Wildman–Crippen MR) is 77.7 cm³/mol. The van der Waals surface area contributed by atoms with Crippen LogP contribution < -0.4 is 10.5 Å². The van der Waals surface area contributed by atoms with Crippen LogP contribution in [0.15, 0.2) is 30.5 Å². The van der Waals surface area contributed by atoms with E-state index in [-0.39, 0.29) is 11.6 Å². The van der Waals surface area contributed by atoms with Gasteiger partial charge in [-0.2, -0.15) is 5.10 Å². The molecular weight excluding hydrogens is 292 g/mol. The molecule has 3 rings (SSSR count). The molecule has 1 aromatic carbocycles. The quantitative estimate of drug-likeness (QED) is 0.800. The summed E-state index contributed by atoms with van der Waals surface area (Å²) in [7, 11) is 1.46. The summed E-state index contributed by atoms with van der Waals surface area (Å²) in [6.07, 6.45) is -1.07. The molecule has 2 heterocycles. The fourth-order valence-corrected chi connectivity index (χ4v) is 2.22. The van der Waals surface area contributed by atoms with Crippen molar-refractivity contribution in [1.29, 1.82) is 0 Å². The van der Waals surface area contributed by atoms with Crippen LogP contribution in [0, 0.1) is 0 Å². The molecule has 6 nitrogen and oxygen atoms in total. The third kappa shape index (κ3) is 2.43. The average Bonchev–Trinajstić information content (AvgIpc) is 2.85. The lowest BCUT2D eigenvalue weighted by Gasteiger charge is -2.03. The van der Waals surface area contributed by atoms with Gasteiger partial charge in [-0.3, -0.25) is 4.68 Å². The zero-order chi connectivity index (χ0) is 15.7. The van der Waals surface area contributed by atoms with Crippen molar-refractivity contribution in [2.24, 2.45) is 0 Å². The van der Waals surface area contributed by atoms with Crippen molar-refractivity contribution < 1.29 is 13.5 Å². The van der Waals surface area contributed by atoms with Gasteiger partial charge in [0.25, 0.3) is 6.43 Å². The van der Waals surface area contributed by atoms with E-state index in [0.29, 0.717) is 22.3 Å². The Morgan fingerprint density at radius 1 is 1.32 bits per heavy atom. The van der Waals surface area contributed by atoms with Crippen LogP contribution in [-0.2, 0) is 6.54 Å². The van der Waals surface area contributed by atoms with Crippen LogP contribution in [0.25, 0.3) is 22.4 Å². The van der Waals surface area contributed by atoms with Crippen molar-refractivity contribution in [1.82, 2.24) is 19.7 Å². The number of alkyl halides is 2. The summed E-state index contributed by atoms with van der Waals surface area (Å²) in [5, 5.41) is 4.90. The minimum atomic E-state index is -2.50. The highest BCUT2D eigenvalue weighted by Crippen LogP contribution is 2.28. The van der Waals surface area contributed by atoms with Gasteiger partial charge in [-0.05, 0) is 6.07 Å². The lowest BCUT2D eigenvalue weighted by Crippen LogP contribution is -2.08. The SMILES string of the molecule is COc1cnc(-c2nn(CC(F)F)c3ccccc23)nc1N. The monoisotopic (exact) mass is 305 g/mol. The van der Waals surface area contributed by atoms with Gasteiger partial charge >= 0.3 is 0 Å². The number of hydrogen-bond acceptors (Lipinski definition) is 5. The Bertz CT molecular complexity index is 818. The summed E-state index contributed by atoms with van der Waals surface area (Å²) in [5.41, 5.74) is 6.77. The first-order valence-corrected chi connectivity index (χ1v) is 6.50. The first-order valence-electron chi connectivity index (χ1n) is 6.50. The molecule has 0 aliphatic carbocycles. The highest BCUT2D eigenvalue weighted by Gasteiger charge is 2.17. The van der Waals surface area contributed by atoms with Gasteiger partial charge in [-0.15, -0.1) is 0 Å². The summed E-state index contributed by atoms with van der Waals surface area (Å²) < 4.78 is 31.6. The van der Waals surface area contributed by atoms with Crippen molar-refractivity contribution in [3.05, 3.63) is 30.5 Å². The van der Waals surface area contributed by atoms with E-state index in [1.807, 2.05) is 0 Å². The highest BCUT2D eigenvalue weighted by molar-refractivity contribution is 5.91. The molecule has 114 valence electrons. The molecule has 2 N–H and O–H groups in total. The minimum absolute atomic E-state index is 0.167. The van der Waals surface area contributed by atoms with E-state index < -0.39 is 13.0 Å². The van der Waals surface area contributed by atoms with E-state index in [2.05, 4.69) is 15.1 Å². The van der Waals surface area contributed by atoms with Crippen molar-refractivity contribution >= 4 is 16.7 Å². The largest absolute Gasteiger partial charge is 0.491 e. The minimum Gasteiger partial charge on any atom is -0.491 e. The molecule has 8 heteroatoms. The number of aromatic nitrogens is 4. The molecule has 0 amide bonds. The molecule has 0 aliphatic rings. The Morgan fingerprint density at radius 3 is 2.77 bits per heavy atom. The molecule has 0 saturated carbocycles. The zero-order valence-corrected chi connectivity index (χ0v) is 11.7. The summed E-state index contributed by atoms with van der Waals surface area (Å²) in [6, 6.07) is 7.07. The van der Waals surface area contributed by atoms with E-state index in [9.17, 15) is 8.78 Å². The maximum Gasteiger partial charge on any atom is 0.257 e. The van der Waals surface area contributed by atoms with Gasteiger partial charge in [0.05, 0.1) is 18.8 Å². The van der Waals surface area contributed by atoms with Crippen LogP contribution in [0.3, 0.4) is 0 Å². The molecule has 3 aromatic rings. The molecule has 0 spiro atoms. The van der Waals surface area contributed by atoms with Crippen LogP contribution in [0.4, 0.5) is 14.6 Å². The van der Waals surface area contributed by atoms with Gasteiger partial charge in [0.15, 0.2) is 17.4 Å². The smallest absolute Gasteiger partial charge is 0.257 e. The lowest BCUT2D eigenvalue weighted by atomic mass is 10.2. The fraction of sp³-hybridized carbons (Fsp3) is 0.214. The van der Waals surface area contributed by atoms with Crippen molar-refractivity contribution in [2.45, 2.75) is 13.0 Å². The number of anilines is 1. The number of hydrogen-bond donors (Lipinski definition) is 1. The van der Waals surface area contributed by atoms with Gasteiger partial charge in [0, 0.05) is 5.39 Å². The van der Waals surface area contributed by atoms with E-state index in [4.69, 9.17) is 10.5 Å². The lowest BCUT2D eigenvalue weighted by molar-refractivity contribution is 0.123. The van der Waals surface area contributed by atoms with Crippen LogP contribution in [-0.4, -0.2) is 33.3 Å². The third-order valence-electron chi connectivity index (χ3n) is 3.18. The van der Waals surface area contributed by atoms with Crippen LogP contribution in [0.1, 0.15) is 0 Å². The Morgan fingerprint density at radius 2 is 2.09 bits per heavy atom. The van der Waals surface area contributed by atoms with Crippen LogP contribution >= 0.6 is 0 Å². The van der Waals surface area contributed by atoms with Crippen molar-refractivity contribution in [3.8, 4) is 17.3 Å². The van der Waals surface area contributed by atoms with Crippen molar-refractivity contribution in [3.63, 3.8) is 0 Å². The Balaban J connectivity index is 2.16. The van der Waals surface area contributed by atoms with E-state index in [1.54, 1.807) is 24.3 Å². The number of para-hydroxylation sites is 1. The summed E-state index contributed by atoms with van der Waals surface area (Å²) in [5.74, 6) is 0.780. The van der Waals surface area contributed by atoms with Gasteiger partial charge in [-0.25, -0.2) is 18.7 Å². The molecule has 0 aliphatic heterocycles. The summed E-state index contributed by atoms with van der Waals surface area (Å²) in [4.78, 5) is 8.28. The van der Waals surface area contributed by atoms with Gasteiger partial charge < -0.3 is 10.5 Å². The molecule has 0 unspecified atom stereocenters. The van der Waals surface area contributed by atoms with Gasteiger partial charge in [-0.1, -0.05) is 18.2 Å². The first kappa shape index (κ1) is 14.2. The second-order valence-electron chi connectivity index (χ2n) is 4.59. The maximum atomic E-state index is 12.7. The van der Waals surface area contributed by atoms with E-state index >= 15 is 0 Å². The maximum absolute atomic E-state index is 12.7. The molecule has 22 heavy (non-hydrogen) atoms. The number of nitrogen functional groups attached to an aromatic ring is 1. The number of halogens is 2. The number of ether oxygens (including phenoxy) is 1. The molecular formula is C14H13F2N5O. The number of methoxy groups -OCH3 is 1.